The minimum absolute atomic E-state index is 0.0673. The number of amides is 1. The molecule has 0 bridgehead atoms. The first-order valence-electron chi connectivity index (χ1n) is 8.05. The molecule has 1 aliphatic heterocycles. The Labute approximate surface area is 141 Å². The lowest BCUT2D eigenvalue weighted by Gasteiger charge is -2.17. The van der Waals surface area contributed by atoms with Crippen molar-refractivity contribution in [3.63, 3.8) is 0 Å². The lowest BCUT2D eigenvalue weighted by Crippen LogP contribution is -2.24. The van der Waals surface area contributed by atoms with E-state index in [9.17, 15) is 9.90 Å². The van der Waals surface area contributed by atoms with E-state index in [1.807, 2.05) is 19.1 Å². The zero-order chi connectivity index (χ0) is 17.3. The summed E-state index contributed by atoms with van der Waals surface area (Å²) in [6.45, 7) is 3.23. The second kappa shape index (κ2) is 6.60. The van der Waals surface area contributed by atoms with Crippen molar-refractivity contribution in [1.29, 1.82) is 0 Å². The van der Waals surface area contributed by atoms with Crippen LogP contribution in [0, 0.1) is 12.8 Å². The van der Waals surface area contributed by atoms with Crippen molar-refractivity contribution >= 4 is 11.7 Å². The van der Waals surface area contributed by atoms with Crippen LogP contribution in [0.2, 0.25) is 0 Å². The molecule has 0 spiro atoms. The highest BCUT2D eigenvalue weighted by Crippen LogP contribution is 2.25. The van der Waals surface area contributed by atoms with Gasteiger partial charge in [-0.25, -0.2) is 4.98 Å². The van der Waals surface area contributed by atoms with Crippen molar-refractivity contribution < 1.29 is 9.90 Å². The van der Waals surface area contributed by atoms with Gasteiger partial charge in [-0.2, -0.15) is 5.10 Å². The maximum Gasteiger partial charge on any atom is 0.254 e. The Morgan fingerprint density at radius 3 is 2.79 bits per heavy atom. The molecule has 0 unspecified atom stereocenters. The van der Waals surface area contributed by atoms with Crippen LogP contribution in [0.3, 0.4) is 0 Å². The summed E-state index contributed by atoms with van der Waals surface area (Å²) >= 11 is 0. The number of nitrogens with zero attached hydrogens (tertiary/aromatic N) is 4. The van der Waals surface area contributed by atoms with E-state index >= 15 is 0 Å². The number of β-amino-alcohol motifs (C(OH)–C–C–N with tert-alkyl or cyclic N) is 1. The van der Waals surface area contributed by atoms with Gasteiger partial charge >= 0.3 is 0 Å². The number of pyridine rings is 1. The number of carbonyl (C=O) groups excluding carboxylic acids is 1. The standard InChI is InChI=1S/C17H23N5O2/c1-11-6-14(20-19-11)7-13-9-22(10-15(13)23)16-5-4-12(8-18-16)17(24)21(2)3/h4-6,8,13,15,23H,7,9-10H2,1-3H3,(H,19,20)/t13-,15-/m1/s1. The van der Waals surface area contributed by atoms with Crippen LogP contribution in [0.4, 0.5) is 5.82 Å². The smallest absolute Gasteiger partial charge is 0.254 e. The monoisotopic (exact) mass is 329 g/mol. The first kappa shape index (κ1) is 16.4. The predicted molar refractivity (Wildman–Crippen MR) is 91.0 cm³/mol. The number of aryl methyl sites for hydroxylation is 1. The molecule has 0 aliphatic carbocycles. The van der Waals surface area contributed by atoms with E-state index in [0.29, 0.717) is 12.1 Å². The fraction of sp³-hybridized carbons (Fsp3) is 0.471. The van der Waals surface area contributed by atoms with E-state index in [1.54, 1.807) is 26.4 Å². The average molecular weight is 329 g/mol. The molecule has 0 aromatic carbocycles. The number of hydrogen-bond donors (Lipinski definition) is 2. The molecule has 2 aromatic rings. The van der Waals surface area contributed by atoms with Gasteiger partial charge in [0.2, 0.25) is 0 Å². The Morgan fingerprint density at radius 2 is 2.21 bits per heavy atom. The molecule has 0 saturated carbocycles. The average Bonchev–Trinajstić information content (AvgIpc) is 3.13. The van der Waals surface area contributed by atoms with E-state index in [1.165, 1.54) is 4.90 Å². The number of carbonyl (C=O) groups is 1. The van der Waals surface area contributed by atoms with Crippen LogP contribution in [0.5, 0.6) is 0 Å². The van der Waals surface area contributed by atoms with Gasteiger partial charge in [-0.1, -0.05) is 0 Å². The molecule has 1 aliphatic rings. The fourth-order valence-electron chi connectivity index (χ4n) is 3.05. The lowest BCUT2D eigenvalue weighted by atomic mass is 10.0. The van der Waals surface area contributed by atoms with Crippen molar-refractivity contribution in [1.82, 2.24) is 20.1 Å². The second-order valence-corrected chi connectivity index (χ2v) is 6.58. The number of aromatic amines is 1. The zero-order valence-electron chi connectivity index (χ0n) is 14.2. The summed E-state index contributed by atoms with van der Waals surface area (Å²) in [5.74, 6) is 0.838. The Bertz CT molecular complexity index is 710. The van der Waals surface area contributed by atoms with Gasteiger partial charge in [0, 0.05) is 45.0 Å². The summed E-state index contributed by atoms with van der Waals surface area (Å²) in [6, 6.07) is 5.63. The maximum absolute atomic E-state index is 11.9. The van der Waals surface area contributed by atoms with Gasteiger partial charge in [-0.05, 0) is 31.5 Å². The van der Waals surface area contributed by atoms with Crippen LogP contribution in [0.15, 0.2) is 24.4 Å². The van der Waals surface area contributed by atoms with Gasteiger partial charge in [-0.3, -0.25) is 9.89 Å². The Kier molecular flexibility index (Phi) is 4.53. The van der Waals surface area contributed by atoms with Gasteiger partial charge in [0.1, 0.15) is 5.82 Å². The van der Waals surface area contributed by atoms with E-state index in [-0.39, 0.29) is 11.8 Å². The van der Waals surface area contributed by atoms with Crippen molar-refractivity contribution in [3.05, 3.63) is 41.3 Å². The normalized spacial score (nSPS) is 20.4. The molecule has 1 fully saturated rings. The third-order valence-corrected chi connectivity index (χ3v) is 4.36. The van der Waals surface area contributed by atoms with Crippen LogP contribution in [0.1, 0.15) is 21.7 Å². The topological polar surface area (TPSA) is 85.3 Å². The van der Waals surface area contributed by atoms with Crippen LogP contribution in [0.25, 0.3) is 0 Å². The zero-order valence-corrected chi connectivity index (χ0v) is 14.2. The SMILES string of the molecule is Cc1cc(C[C@@H]2CN(c3ccc(C(=O)N(C)C)cn3)C[C@H]2O)n[nH]1. The van der Waals surface area contributed by atoms with Gasteiger partial charge < -0.3 is 14.9 Å². The molecule has 128 valence electrons. The number of nitrogens with one attached hydrogen (secondary N) is 1. The van der Waals surface area contributed by atoms with E-state index < -0.39 is 6.10 Å². The summed E-state index contributed by atoms with van der Waals surface area (Å²) in [5, 5.41) is 17.5. The number of aliphatic hydroxyl groups excluding tert-OH is 1. The van der Waals surface area contributed by atoms with Crippen LogP contribution < -0.4 is 4.90 Å². The molecule has 7 nitrogen and oxygen atoms in total. The molecule has 1 saturated heterocycles. The number of hydrogen-bond acceptors (Lipinski definition) is 5. The Morgan fingerprint density at radius 1 is 1.42 bits per heavy atom. The van der Waals surface area contributed by atoms with E-state index in [0.717, 1.165) is 30.2 Å². The molecule has 3 rings (SSSR count). The van der Waals surface area contributed by atoms with Crippen molar-refractivity contribution in [2.24, 2.45) is 5.92 Å². The van der Waals surface area contributed by atoms with Gasteiger partial charge in [0.25, 0.3) is 5.91 Å². The van der Waals surface area contributed by atoms with E-state index in [2.05, 4.69) is 20.1 Å². The highest BCUT2D eigenvalue weighted by Gasteiger charge is 2.32. The summed E-state index contributed by atoms with van der Waals surface area (Å²) in [5.41, 5.74) is 2.56. The molecule has 2 aromatic heterocycles. The van der Waals surface area contributed by atoms with Crippen LogP contribution in [-0.2, 0) is 6.42 Å². The minimum atomic E-state index is -0.410. The summed E-state index contributed by atoms with van der Waals surface area (Å²) in [4.78, 5) is 19.9. The van der Waals surface area contributed by atoms with Gasteiger partial charge in [0.15, 0.2) is 0 Å². The fourth-order valence-corrected chi connectivity index (χ4v) is 3.05. The summed E-state index contributed by atoms with van der Waals surface area (Å²) < 4.78 is 0. The second-order valence-electron chi connectivity index (χ2n) is 6.58. The Balaban J connectivity index is 1.66. The largest absolute Gasteiger partial charge is 0.391 e. The molecule has 3 heterocycles. The van der Waals surface area contributed by atoms with Gasteiger partial charge in [-0.15, -0.1) is 0 Å². The van der Waals surface area contributed by atoms with Crippen LogP contribution in [-0.4, -0.2) is 64.4 Å². The van der Waals surface area contributed by atoms with Crippen molar-refractivity contribution in [3.8, 4) is 0 Å². The van der Waals surface area contributed by atoms with Crippen LogP contribution >= 0.6 is 0 Å². The molecule has 7 heteroatoms. The minimum Gasteiger partial charge on any atom is -0.391 e. The molecular weight excluding hydrogens is 306 g/mol. The predicted octanol–water partition coefficient (Wildman–Crippen LogP) is 0.855. The maximum atomic E-state index is 11.9. The lowest BCUT2D eigenvalue weighted by molar-refractivity contribution is 0.0827. The number of H-pyrrole nitrogens is 1. The Hall–Kier alpha value is -2.41. The number of aliphatic hydroxyl groups is 1. The number of rotatable bonds is 4. The molecule has 0 radical (unpaired) electrons. The highest BCUT2D eigenvalue weighted by molar-refractivity contribution is 5.93. The third-order valence-electron chi connectivity index (χ3n) is 4.36. The van der Waals surface area contributed by atoms with Gasteiger partial charge in [0.05, 0.1) is 17.4 Å². The summed E-state index contributed by atoms with van der Waals surface area (Å²) in [7, 11) is 3.43. The first-order chi connectivity index (χ1) is 11.4. The third kappa shape index (κ3) is 3.41. The number of aromatic nitrogens is 3. The van der Waals surface area contributed by atoms with E-state index in [4.69, 9.17) is 0 Å². The van der Waals surface area contributed by atoms with Crippen molar-refractivity contribution in [2.75, 3.05) is 32.1 Å². The summed E-state index contributed by atoms with van der Waals surface area (Å²) in [6.07, 6.45) is 1.92. The quantitative estimate of drug-likeness (QED) is 0.869. The first-order valence-corrected chi connectivity index (χ1v) is 8.05. The molecule has 1 amide bonds. The number of anilines is 1. The molecular formula is C17H23N5O2. The molecule has 2 N–H and O–H groups in total. The van der Waals surface area contributed by atoms with Crippen molar-refractivity contribution in [2.45, 2.75) is 19.4 Å². The molecule has 2 atom stereocenters. The highest BCUT2D eigenvalue weighted by atomic mass is 16.3. The molecule has 24 heavy (non-hydrogen) atoms.